The Bertz CT molecular complexity index is 936. The highest BCUT2D eigenvalue weighted by Crippen LogP contribution is 2.14. The first-order valence-electron chi connectivity index (χ1n) is 11.1. The normalized spacial score (nSPS) is 15.2. The molecule has 2 aromatic rings. The summed E-state index contributed by atoms with van der Waals surface area (Å²) in [5, 5.41) is 15.8. The SMILES string of the molecule is CCNC(=NCCCn1nc2n(c1=O)CCCC2)NC(C)Cc1c(C)nn(C)c1C. The number of guanidine groups is 1. The van der Waals surface area contributed by atoms with Crippen molar-refractivity contribution >= 4 is 5.96 Å². The monoisotopic (exact) mass is 416 g/mol. The fourth-order valence-electron chi connectivity index (χ4n) is 4.03. The lowest BCUT2D eigenvalue weighted by atomic mass is 10.1. The van der Waals surface area contributed by atoms with Gasteiger partial charge < -0.3 is 10.6 Å². The van der Waals surface area contributed by atoms with E-state index in [1.807, 2.05) is 16.3 Å². The first-order valence-corrected chi connectivity index (χ1v) is 11.1. The highest BCUT2D eigenvalue weighted by molar-refractivity contribution is 5.80. The van der Waals surface area contributed by atoms with E-state index in [-0.39, 0.29) is 11.7 Å². The number of aryl methyl sites for hydroxylation is 4. The first-order chi connectivity index (χ1) is 14.4. The molecule has 1 aliphatic rings. The molecule has 30 heavy (non-hydrogen) atoms. The molecule has 0 saturated heterocycles. The third-order valence-electron chi connectivity index (χ3n) is 5.73. The lowest BCUT2D eigenvalue weighted by Gasteiger charge is -2.18. The van der Waals surface area contributed by atoms with Crippen molar-refractivity contribution in [1.29, 1.82) is 0 Å². The lowest BCUT2D eigenvalue weighted by molar-refractivity contribution is 0.509. The molecule has 2 N–H and O–H groups in total. The number of aromatic nitrogens is 5. The summed E-state index contributed by atoms with van der Waals surface area (Å²) < 4.78 is 5.36. The molecule has 1 aliphatic heterocycles. The molecule has 2 aromatic heterocycles. The predicted octanol–water partition coefficient (Wildman–Crippen LogP) is 1.31. The molecule has 3 rings (SSSR count). The summed E-state index contributed by atoms with van der Waals surface area (Å²) in [5.74, 6) is 1.74. The Kier molecular flexibility index (Phi) is 7.33. The molecule has 0 spiro atoms. The second-order valence-corrected chi connectivity index (χ2v) is 8.17. The Morgan fingerprint density at radius 1 is 1.27 bits per heavy atom. The Balaban J connectivity index is 1.54. The van der Waals surface area contributed by atoms with Crippen molar-refractivity contribution in [3.63, 3.8) is 0 Å². The van der Waals surface area contributed by atoms with Gasteiger partial charge in [0.05, 0.1) is 5.69 Å². The molecular formula is C21H36N8O. The van der Waals surface area contributed by atoms with Crippen molar-refractivity contribution in [2.75, 3.05) is 13.1 Å². The maximum Gasteiger partial charge on any atom is 0.345 e. The van der Waals surface area contributed by atoms with E-state index in [1.54, 1.807) is 4.68 Å². The van der Waals surface area contributed by atoms with Crippen LogP contribution in [0, 0.1) is 13.8 Å². The van der Waals surface area contributed by atoms with Crippen molar-refractivity contribution in [3.8, 4) is 0 Å². The topological polar surface area (TPSA) is 94.1 Å². The minimum Gasteiger partial charge on any atom is -0.357 e. The van der Waals surface area contributed by atoms with Gasteiger partial charge in [0.25, 0.3) is 0 Å². The number of hydrogen-bond acceptors (Lipinski definition) is 4. The molecule has 0 bridgehead atoms. The average molecular weight is 417 g/mol. The Hall–Kier alpha value is -2.58. The van der Waals surface area contributed by atoms with Crippen molar-refractivity contribution in [2.24, 2.45) is 12.0 Å². The van der Waals surface area contributed by atoms with E-state index in [9.17, 15) is 4.79 Å². The molecule has 9 nitrogen and oxygen atoms in total. The quantitative estimate of drug-likeness (QED) is 0.384. The van der Waals surface area contributed by atoms with E-state index in [2.05, 4.69) is 48.5 Å². The highest BCUT2D eigenvalue weighted by atomic mass is 16.2. The molecule has 0 aromatic carbocycles. The van der Waals surface area contributed by atoms with Gasteiger partial charge in [0.2, 0.25) is 0 Å². The van der Waals surface area contributed by atoms with Gasteiger partial charge in [-0.25, -0.2) is 9.48 Å². The number of rotatable bonds is 8. The second kappa shape index (κ2) is 9.95. The van der Waals surface area contributed by atoms with Crippen molar-refractivity contribution in [3.05, 3.63) is 33.3 Å². The fraction of sp³-hybridized carbons (Fsp3) is 0.714. The molecule has 166 valence electrons. The van der Waals surface area contributed by atoms with Crippen LogP contribution in [0.15, 0.2) is 9.79 Å². The minimum atomic E-state index is 0.0227. The van der Waals surface area contributed by atoms with Crippen LogP contribution in [-0.4, -0.2) is 49.2 Å². The summed E-state index contributed by atoms with van der Waals surface area (Å²) in [6.45, 7) is 11.2. The van der Waals surface area contributed by atoms with Crippen LogP contribution in [0.5, 0.6) is 0 Å². The number of aliphatic imine (C=N–C) groups is 1. The smallest absolute Gasteiger partial charge is 0.345 e. The number of nitrogens with zero attached hydrogens (tertiary/aromatic N) is 6. The zero-order chi connectivity index (χ0) is 21.7. The van der Waals surface area contributed by atoms with Gasteiger partial charge in [-0.15, -0.1) is 0 Å². The molecule has 0 radical (unpaired) electrons. The van der Waals surface area contributed by atoms with Crippen LogP contribution in [0.4, 0.5) is 0 Å². The van der Waals surface area contributed by atoms with Crippen molar-refractivity contribution in [1.82, 2.24) is 34.8 Å². The van der Waals surface area contributed by atoms with Gasteiger partial charge in [0, 0.05) is 51.4 Å². The van der Waals surface area contributed by atoms with E-state index in [0.717, 1.165) is 62.7 Å². The highest BCUT2D eigenvalue weighted by Gasteiger charge is 2.16. The summed E-state index contributed by atoms with van der Waals surface area (Å²) in [7, 11) is 1.98. The second-order valence-electron chi connectivity index (χ2n) is 8.17. The Morgan fingerprint density at radius 2 is 2.07 bits per heavy atom. The maximum atomic E-state index is 12.4. The molecule has 0 amide bonds. The van der Waals surface area contributed by atoms with Crippen LogP contribution in [0.3, 0.4) is 0 Å². The first kappa shape index (κ1) is 22.1. The van der Waals surface area contributed by atoms with E-state index in [4.69, 9.17) is 4.99 Å². The van der Waals surface area contributed by atoms with Crippen LogP contribution in [0.25, 0.3) is 0 Å². The van der Waals surface area contributed by atoms with Gasteiger partial charge in [0.1, 0.15) is 5.82 Å². The van der Waals surface area contributed by atoms with Crippen LogP contribution < -0.4 is 16.3 Å². The summed E-state index contributed by atoms with van der Waals surface area (Å²) in [6.07, 6.45) is 4.77. The van der Waals surface area contributed by atoms with Crippen LogP contribution >= 0.6 is 0 Å². The summed E-state index contributed by atoms with van der Waals surface area (Å²) in [6, 6.07) is 0.229. The molecule has 0 saturated carbocycles. The Labute approximate surface area is 178 Å². The molecule has 3 heterocycles. The van der Waals surface area contributed by atoms with Crippen LogP contribution in [0.1, 0.15) is 55.9 Å². The Morgan fingerprint density at radius 3 is 2.73 bits per heavy atom. The van der Waals surface area contributed by atoms with Gasteiger partial charge in [0.15, 0.2) is 5.96 Å². The van der Waals surface area contributed by atoms with E-state index in [1.165, 1.54) is 11.3 Å². The largest absolute Gasteiger partial charge is 0.357 e. The van der Waals surface area contributed by atoms with Gasteiger partial charge in [-0.1, -0.05) is 0 Å². The summed E-state index contributed by atoms with van der Waals surface area (Å²) in [5.41, 5.74) is 3.60. The predicted molar refractivity (Wildman–Crippen MR) is 119 cm³/mol. The summed E-state index contributed by atoms with van der Waals surface area (Å²) in [4.78, 5) is 17.1. The van der Waals surface area contributed by atoms with E-state index in [0.29, 0.717) is 13.1 Å². The van der Waals surface area contributed by atoms with Crippen LogP contribution in [-0.2, 0) is 33.0 Å². The third kappa shape index (κ3) is 5.12. The maximum absolute atomic E-state index is 12.4. The van der Waals surface area contributed by atoms with Crippen LogP contribution in [0.2, 0.25) is 0 Å². The number of nitrogens with one attached hydrogen (secondary N) is 2. The molecule has 9 heteroatoms. The molecule has 0 fully saturated rings. The summed E-state index contributed by atoms with van der Waals surface area (Å²) >= 11 is 0. The third-order valence-corrected chi connectivity index (χ3v) is 5.73. The van der Waals surface area contributed by atoms with Gasteiger partial charge in [-0.05, 0) is 58.9 Å². The molecule has 1 atom stereocenters. The lowest BCUT2D eigenvalue weighted by Crippen LogP contribution is -2.43. The fourth-order valence-corrected chi connectivity index (χ4v) is 4.03. The molecular weight excluding hydrogens is 380 g/mol. The average Bonchev–Trinajstić information content (AvgIpc) is 3.16. The molecule has 0 aliphatic carbocycles. The van der Waals surface area contributed by atoms with Crippen molar-refractivity contribution < 1.29 is 0 Å². The number of fused-ring (bicyclic) bond motifs is 1. The zero-order valence-corrected chi connectivity index (χ0v) is 19.0. The zero-order valence-electron chi connectivity index (χ0n) is 19.0. The minimum absolute atomic E-state index is 0.0227. The van der Waals surface area contributed by atoms with Crippen molar-refractivity contribution in [2.45, 2.75) is 78.9 Å². The molecule has 1 unspecified atom stereocenters. The van der Waals surface area contributed by atoms with E-state index < -0.39 is 0 Å². The number of hydrogen-bond donors (Lipinski definition) is 2. The van der Waals surface area contributed by atoms with Gasteiger partial charge in [-0.3, -0.25) is 14.2 Å². The standard InChI is InChI=1S/C21H36N8O/c1-6-22-20(24-15(2)14-18-16(3)25-27(5)17(18)4)23-11-9-13-29-21(30)28-12-8-7-10-19(28)26-29/h15H,6-14H2,1-5H3,(H2,22,23,24). The van der Waals surface area contributed by atoms with Gasteiger partial charge >= 0.3 is 5.69 Å². The van der Waals surface area contributed by atoms with E-state index >= 15 is 0 Å². The van der Waals surface area contributed by atoms with Gasteiger partial charge in [-0.2, -0.15) is 10.2 Å².